The Balaban J connectivity index is 2.25. The highest BCUT2D eigenvalue weighted by Crippen LogP contribution is 2.30. The normalized spacial score (nSPS) is 14.1. The third-order valence-electron chi connectivity index (χ3n) is 3.27. The third-order valence-corrected chi connectivity index (χ3v) is 3.27. The van der Waals surface area contributed by atoms with Crippen molar-refractivity contribution in [1.82, 2.24) is 9.78 Å². The van der Waals surface area contributed by atoms with E-state index < -0.39 is 6.10 Å². The summed E-state index contributed by atoms with van der Waals surface area (Å²) in [5, 5.41) is 15.8. The molecule has 0 bridgehead atoms. The molecule has 0 saturated heterocycles. The van der Waals surface area contributed by atoms with E-state index in [1.807, 2.05) is 36.0 Å². The molecule has 98 valence electrons. The van der Waals surface area contributed by atoms with Gasteiger partial charge < -0.3 is 5.11 Å². The van der Waals surface area contributed by atoms with Gasteiger partial charge in [-0.2, -0.15) is 5.10 Å². The molecule has 0 saturated carbocycles. The Kier molecular flexibility index (Phi) is 3.44. The van der Waals surface area contributed by atoms with E-state index in [-0.39, 0.29) is 5.41 Å². The molecule has 1 heterocycles. The van der Waals surface area contributed by atoms with Gasteiger partial charge in [0.25, 0.3) is 0 Å². The topological polar surface area (TPSA) is 38.0 Å². The van der Waals surface area contributed by atoms with Crippen LogP contribution in [0.3, 0.4) is 0 Å². The van der Waals surface area contributed by atoms with Gasteiger partial charge in [0.2, 0.25) is 0 Å². The van der Waals surface area contributed by atoms with Crippen molar-refractivity contribution < 1.29 is 5.11 Å². The van der Waals surface area contributed by atoms with Crippen LogP contribution in [0, 0.1) is 5.41 Å². The Labute approximate surface area is 108 Å². The Morgan fingerprint density at radius 2 is 1.94 bits per heavy atom. The zero-order valence-corrected chi connectivity index (χ0v) is 11.6. The maximum Gasteiger partial charge on any atom is 0.0988 e. The molecule has 1 N–H and O–H groups in total. The van der Waals surface area contributed by atoms with Crippen LogP contribution in [0.2, 0.25) is 0 Å². The molecule has 1 atom stereocenters. The monoisotopic (exact) mass is 246 g/mol. The van der Waals surface area contributed by atoms with Gasteiger partial charge >= 0.3 is 0 Å². The Morgan fingerprint density at radius 3 is 2.61 bits per heavy atom. The summed E-state index contributed by atoms with van der Waals surface area (Å²) in [5.41, 5.74) is 2.12. The van der Waals surface area contributed by atoms with E-state index >= 15 is 0 Å². The van der Waals surface area contributed by atoms with Crippen molar-refractivity contribution >= 4 is 10.9 Å². The van der Waals surface area contributed by atoms with Crippen LogP contribution in [0.1, 0.15) is 45.4 Å². The van der Waals surface area contributed by atoms with E-state index in [4.69, 9.17) is 0 Å². The molecule has 0 spiro atoms. The minimum absolute atomic E-state index is 0.242. The molecule has 1 aromatic carbocycles. The summed E-state index contributed by atoms with van der Waals surface area (Å²) in [7, 11) is 1.92. The first kappa shape index (κ1) is 13.1. The molecule has 0 fully saturated rings. The van der Waals surface area contributed by atoms with Crippen LogP contribution < -0.4 is 0 Å². The van der Waals surface area contributed by atoms with E-state index in [9.17, 15) is 5.11 Å². The summed E-state index contributed by atoms with van der Waals surface area (Å²) in [6.07, 6.45) is 1.26. The third kappa shape index (κ3) is 2.72. The number of aromatic nitrogens is 2. The van der Waals surface area contributed by atoms with E-state index in [1.165, 1.54) is 0 Å². The lowest BCUT2D eigenvalue weighted by atomic mass is 9.88. The second-order valence-corrected chi connectivity index (χ2v) is 6.14. The quantitative estimate of drug-likeness (QED) is 0.901. The number of aliphatic hydroxyl groups excluding tert-OH is 1. The van der Waals surface area contributed by atoms with E-state index in [0.717, 1.165) is 29.4 Å². The first-order valence-corrected chi connectivity index (χ1v) is 6.48. The molecule has 0 aliphatic heterocycles. The van der Waals surface area contributed by atoms with Crippen LogP contribution in [-0.2, 0) is 7.05 Å². The number of aliphatic hydroxyl groups is 1. The van der Waals surface area contributed by atoms with Gasteiger partial charge in [0, 0.05) is 12.4 Å². The summed E-state index contributed by atoms with van der Waals surface area (Å²) < 4.78 is 1.84. The number of hydrogen-bond donors (Lipinski definition) is 1. The Morgan fingerprint density at radius 1 is 1.28 bits per heavy atom. The average molecular weight is 246 g/mol. The van der Waals surface area contributed by atoms with Gasteiger partial charge in [0.05, 0.1) is 17.3 Å². The fraction of sp³-hybridized carbons (Fsp3) is 0.533. The average Bonchev–Trinajstić information content (AvgIpc) is 2.64. The maximum absolute atomic E-state index is 10.3. The molecule has 3 heteroatoms. The number of para-hydroxylation sites is 1. The molecular weight excluding hydrogens is 224 g/mol. The number of hydrogen-bond acceptors (Lipinski definition) is 2. The minimum atomic E-state index is -0.477. The molecule has 18 heavy (non-hydrogen) atoms. The summed E-state index contributed by atoms with van der Waals surface area (Å²) in [6.45, 7) is 6.57. The molecule has 0 aliphatic carbocycles. The lowest BCUT2D eigenvalue weighted by Crippen LogP contribution is -2.09. The molecule has 1 aromatic heterocycles. The number of fused-ring (bicyclic) bond motifs is 1. The van der Waals surface area contributed by atoms with Gasteiger partial charge in [0.1, 0.15) is 0 Å². The largest absolute Gasteiger partial charge is 0.387 e. The zero-order valence-electron chi connectivity index (χ0n) is 11.6. The molecule has 2 rings (SSSR count). The fourth-order valence-electron chi connectivity index (χ4n) is 2.19. The molecule has 0 radical (unpaired) electrons. The lowest BCUT2D eigenvalue weighted by molar-refractivity contribution is 0.144. The Hall–Kier alpha value is -1.35. The number of nitrogens with zero attached hydrogens (tertiary/aromatic N) is 2. The molecule has 3 nitrogen and oxygen atoms in total. The minimum Gasteiger partial charge on any atom is -0.387 e. The second kappa shape index (κ2) is 4.73. The van der Waals surface area contributed by atoms with E-state index in [2.05, 4.69) is 25.9 Å². The first-order valence-electron chi connectivity index (χ1n) is 6.48. The Bertz CT molecular complexity index is 537. The van der Waals surface area contributed by atoms with Crippen LogP contribution in [-0.4, -0.2) is 14.9 Å². The van der Waals surface area contributed by atoms with Crippen LogP contribution in [0.15, 0.2) is 24.3 Å². The highest BCUT2D eigenvalue weighted by molar-refractivity contribution is 5.82. The van der Waals surface area contributed by atoms with Crippen LogP contribution in [0.25, 0.3) is 10.9 Å². The number of benzene rings is 1. The van der Waals surface area contributed by atoms with Gasteiger partial charge in [0.15, 0.2) is 0 Å². The zero-order chi connectivity index (χ0) is 13.3. The molecule has 1 unspecified atom stereocenters. The van der Waals surface area contributed by atoms with E-state index in [1.54, 1.807) is 0 Å². The molecule has 0 aliphatic rings. The molecule has 0 amide bonds. The molecular formula is C15H22N2O. The van der Waals surface area contributed by atoms with E-state index in [0.29, 0.717) is 0 Å². The van der Waals surface area contributed by atoms with Gasteiger partial charge in [-0.25, -0.2) is 0 Å². The fourth-order valence-corrected chi connectivity index (χ4v) is 2.19. The second-order valence-electron chi connectivity index (χ2n) is 6.14. The standard InChI is InChI=1S/C15H22N2O/c1-15(2,3)10-9-13(18)14-11-7-5-6-8-12(11)17(4)16-14/h5-8,13,18H,9-10H2,1-4H3. The van der Waals surface area contributed by atoms with Crippen molar-refractivity contribution in [1.29, 1.82) is 0 Å². The SMILES string of the molecule is Cn1nc(C(O)CCC(C)(C)C)c2ccccc21. The highest BCUT2D eigenvalue weighted by Gasteiger charge is 2.19. The maximum atomic E-state index is 10.3. The van der Waals surface area contributed by atoms with Gasteiger partial charge in [-0.1, -0.05) is 39.0 Å². The van der Waals surface area contributed by atoms with Crippen molar-refractivity contribution in [3.8, 4) is 0 Å². The van der Waals surface area contributed by atoms with Crippen molar-refractivity contribution in [2.24, 2.45) is 12.5 Å². The van der Waals surface area contributed by atoms with Gasteiger partial charge in [-0.3, -0.25) is 4.68 Å². The number of aryl methyl sites for hydroxylation is 1. The predicted molar refractivity (Wildman–Crippen MR) is 74.4 cm³/mol. The van der Waals surface area contributed by atoms with Gasteiger partial charge in [-0.05, 0) is 24.3 Å². The van der Waals surface area contributed by atoms with Gasteiger partial charge in [-0.15, -0.1) is 0 Å². The first-order chi connectivity index (χ1) is 8.38. The predicted octanol–water partition coefficient (Wildman–Crippen LogP) is 3.43. The number of rotatable bonds is 3. The summed E-state index contributed by atoms with van der Waals surface area (Å²) >= 11 is 0. The molecule has 2 aromatic rings. The van der Waals surface area contributed by atoms with Crippen molar-refractivity contribution in [3.63, 3.8) is 0 Å². The van der Waals surface area contributed by atoms with Crippen LogP contribution in [0.5, 0.6) is 0 Å². The summed E-state index contributed by atoms with van der Waals surface area (Å²) in [4.78, 5) is 0. The lowest BCUT2D eigenvalue weighted by Gasteiger charge is -2.19. The smallest absolute Gasteiger partial charge is 0.0988 e. The van der Waals surface area contributed by atoms with Crippen molar-refractivity contribution in [2.45, 2.75) is 39.7 Å². The summed E-state index contributed by atoms with van der Waals surface area (Å²) in [5.74, 6) is 0. The summed E-state index contributed by atoms with van der Waals surface area (Å²) in [6, 6.07) is 8.04. The van der Waals surface area contributed by atoms with Crippen molar-refractivity contribution in [2.75, 3.05) is 0 Å². The van der Waals surface area contributed by atoms with Crippen LogP contribution in [0.4, 0.5) is 0 Å². The highest BCUT2D eigenvalue weighted by atomic mass is 16.3. The van der Waals surface area contributed by atoms with Crippen molar-refractivity contribution in [3.05, 3.63) is 30.0 Å². The van der Waals surface area contributed by atoms with Crippen LogP contribution >= 0.6 is 0 Å².